The van der Waals surface area contributed by atoms with Crippen LogP contribution in [0.4, 0.5) is 0 Å². The summed E-state index contributed by atoms with van der Waals surface area (Å²) >= 11 is 0. The summed E-state index contributed by atoms with van der Waals surface area (Å²) in [6.45, 7) is 6.23. The van der Waals surface area contributed by atoms with E-state index in [0.717, 1.165) is 6.42 Å². The van der Waals surface area contributed by atoms with Gasteiger partial charge in [-0.15, -0.1) is 0 Å². The van der Waals surface area contributed by atoms with Gasteiger partial charge in [0.25, 0.3) is 0 Å². The molecule has 2 atom stereocenters. The molecule has 1 rings (SSSR count). The van der Waals surface area contributed by atoms with Crippen LogP contribution in [0.25, 0.3) is 0 Å². The summed E-state index contributed by atoms with van der Waals surface area (Å²) in [6, 6.07) is 1.37. The number of carboxylic acid groups (broad SMARTS) is 1. The molecule has 6 nitrogen and oxygen atoms in total. The second-order valence-electron chi connectivity index (χ2n) is 5.50. The zero-order valence-electron chi connectivity index (χ0n) is 12.2. The van der Waals surface area contributed by atoms with E-state index in [1.54, 1.807) is 30.1 Å². The van der Waals surface area contributed by atoms with E-state index in [4.69, 9.17) is 5.11 Å². The van der Waals surface area contributed by atoms with E-state index < -0.39 is 12.0 Å². The lowest BCUT2D eigenvalue weighted by molar-refractivity contribution is -0.138. The number of rotatable bonds is 8. The van der Waals surface area contributed by atoms with Crippen LogP contribution in [0, 0.1) is 11.8 Å². The average molecular weight is 281 g/mol. The van der Waals surface area contributed by atoms with Crippen molar-refractivity contribution in [1.29, 1.82) is 0 Å². The van der Waals surface area contributed by atoms with Gasteiger partial charge in [0.2, 0.25) is 5.91 Å². The SMILES string of the molecule is CC(C)CC(CNC(=O)C(C)n1cccn1)CC(=O)O. The van der Waals surface area contributed by atoms with Crippen LogP contribution in [0.1, 0.15) is 39.7 Å². The Labute approximate surface area is 119 Å². The van der Waals surface area contributed by atoms with E-state index in [2.05, 4.69) is 10.4 Å². The van der Waals surface area contributed by atoms with Crippen LogP contribution < -0.4 is 5.32 Å². The van der Waals surface area contributed by atoms with Gasteiger partial charge in [-0.25, -0.2) is 0 Å². The number of hydrogen-bond donors (Lipinski definition) is 2. The van der Waals surface area contributed by atoms with Crippen molar-refractivity contribution < 1.29 is 14.7 Å². The number of aromatic nitrogens is 2. The van der Waals surface area contributed by atoms with Crippen LogP contribution in [0.2, 0.25) is 0 Å². The van der Waals surface area contributed by atoms with Crippen molar-refractivity contribution in [2.24, 2.45) is 11.8 Å². The maximum Gasteiger partial charge on any atom is 0.303 e. The fourth-order valence-corrected chi connectivity index (χ4v) is 2.17. The molecule has 0 bridgehead atoms. The Hall–Kier alpha value is -1.85. The summed E-state index contributed by atoms with van der Waals surface area (Å²) in [7, 11) is 0. The molecule has 20 heavy (non-hydrogen) atoms. The molecule has 0 saturated heterocycles. The van der Waals surface area contributed by atoms with Crippen LogP contribution in [0.15, 0.2) is 18.5 Å². The molecular weight excluding hydrogens is 258 g/mol. The van der Waals surface area contributed by atoms with Crippen LogP contribution in [0.3, 0.4) is 0 Å². The monoisotopic (exact) mass is 281 g/mol. The third-order valence-corrected chi connectivity index (χ3v) is 3.13. The summed E-state index contributed by atoms with van der Waals surface area (Å²) in [5, 5.41) is 15.7. The lowest BCUT2D eigenvalue weighted by Crippen LogP contribution is -2.35. The molecule has 0 aliphatic carbocycles. The number of nitrogens with zero attached hydrogens (tertiary/aromatic N) is 2. The molecule has 2 N–H and O–H groups in total. The fraction of sp³-hybridized carbons (Fsp3) is 0.643. The molecule has 0 spiro atoms. The number of aliphatic carboxylic acids is 1. The Morgan fingerprint density at radius 2 is 2.05 bits per heavy atom. The highest BCUT2D eigenvalue weighted by Gasteiger charge is 2.19. The Kier molecular flexibility index (Phi) is 6.21. The quantitative estimate of drug-likeness (QED) is 0.759. The highest BCUT2D eigenvalue weighted by Crippen LogP contribution is 2.15. The first kappa shape index (κ1) is 16.2. The second kappa shape index (κ2) is 7.67. The van der Waals surface area contributed by atoms with Crippen molar-refractivity contribution in [3.05, 3.63) is 18.5 Å². The predicted octanol–water partition coefficient (Wildman–Crippen LogP) is 1.70. The number of carbonyl (C=O) groups excluding carboxylic acids is 1. The van der Waals surface area contributed by atoms with Crippen molar-refractivity contribution in [2.45, 2.75) is 39.7 Å². The average Bonchev–Trinajstić information content (AvgIpc) is 2.87. The van der Waals surface area contributed by atoms with E-state index in [1.165, 1.54) is 0 Å². The van der Waals surface area contributed by atoms with Crippen LogP contribution in [-0.2, 0) is 9.59 Å². The third-order valence-electron chi connectivity index (χ3n) is 3.13. The van der Waals surface area contributed by atoms with Gasteiger partial charge in [-0.2, -0.15) is 5.10 Å². The molecule has 1 aromatic rings. The van der Waals surface area contributed by atoms with Crippen molar-refractivity contribution in [3.63, 3.8) is 0 Å². The van der Waals surface area contributed by atoms with E-state index >= 15 is 0 Å². The van der Waals surface area contributed by atoms with Gasteiger partial charge in [0, 0.05) is 25.4 Å². The van der Waals surface area contributed by atoms with Gasteiger partial charge in [-0.1, -0.05) is 13.8 Å². The fourth-order valence-electron chi connectivity index (χ4n) is 2.17. The normalized spacial score (nSPS) is 14.0. The van der Waals surface area contributed by atoms with Crippen molar-refractivity contribution in [1.82, 2.24) is 15.1 Å². The number of carboxylic acids is 1. The standard InChI is InChI=1S/C14H23N3O3/c1-10(2)7-12(8-13(18)19)9-15-14(20)11(3)17-6-4-5-16-17/h4-6,10-12H,7-9H2,1-3H3,(H,15,20)(H,18,19). The second-order valence-corrected chi connectivity index (χ2v) is 5.50. The van der Waals surface area contributed by atoms with Crippen LogP contribution >= 0.6 is 0 Å². The minimum atomic E-state index is -0.829. The molecule has 2 unspecified atom stereocenters. The highest BCUT2D eigenvalue weighted by molar-refractivity contribution is 5.79. The molecule has 0 fully saturated rings. The molecule has 1 amide bonds. The van der Waals surface area contributed by atoms with Crippen LogP contribution in [-0.4, -0.2) is 33.3 Å². The van der Waals surface area contributed by atoms with E-state index in [1.807, 2.05) is 13.8 Å². The first-order valence-electron chi connectivity index (χ1n) is 6.88. The van der Waals surface area contributed by atoms with E-state index in [0.29, 0.717) is 12.5 Å². The van der Waals surface area contributed by atoms with Gasteiger partial charge in [-0.3, -0.25) is 14.3 Å². The number of carbonyl (C=O) groups is 2. The number of hydrogen-bond acceptors (Lipinski definition) is 3. The van der Waals surface area contributed by atoms with Crippen molar-refractivity contribution in [2.75, 3.05) is 6.54 Å². The first-order chi connectivity index (χ1) is 9.40. The maximum absolute atomic E-state index is 12.0. The summed E-state index contributed by atoms with van der Waals surface area (Å²) in [6.07, 6.45) is 4.21. The number of amides is 1. The zero-order chi connectivity index (χ0) is 15.1. The Bertz CT molecular complexity index is 429. The van der Waals surface area contributed by atoms with Gasteiger partial charge in [0.05, 0.1) is 0 Å². The largest absolute Gasteiger partial charge is 0.481 e. The molecule has 0 radical (unpaired) electrons. The molecule has 0 saturated carbocycles. The van der Waals surface area contributed by atoms with Crippen molar-refractivity contribution in [3.8, 4) is 0 Å². The van der Waals surface area contributed by atoms with Gasteiger partial charge in [0.15, 0.2) is 0 Å². The lowest BCUT2D eigenvalue weighted by atomic mass is 9.94. The minimum absolute atomic E-state index is 0.0405. The maximum atomic E-state index is 12.0. The third kappa shape index (κ3) is 5.42. The topological polar surface area (TPSA) is 84.2 Å². The Morgan fingerprint density at radius 1 is 1.35 bits per heavy atom. The van der Waals surface area contributed by atoms with E-state index in [-0.39, 0.29) is 18.2 Å². The molecule has 6 heteroatoms. The molecule has 112 valence electrons. The zero-order valence-corrected chi connectivity index (χ0v) is 12.2. The molecular formula is C14H23N3O3. The molecule has 0 aliphatic rings. The Balaban J connectivity index is 2.49. The molecule has 0 aromatic carbocycles. The highest BCUT2D eigenvalue weighted by atomic mass is 16.4. The van der Waals surface area contributed by atoms with E-state index in [9.17, 15) is 9.59 Å². The summed E-state index contributed by atoms with van der Waals surface area (Å²) in [4.78, 5) is 22.8. The van der Waals surface area contributed by atoms with Gasteiger partial charge in [0.1, 0.15) is 6.04 Å². The summed E-state index contributed by atoms with van der Waals surface area (Å²) in [5.41, 5.74) is 0. The molecule has 1 aromatic heterocycles. The van der Waals surface area contributed by atoms with Gasteiger partial charge >= 0.3 is 5.97 Å². The summed E-state index contributed by atoms with van der Waals surface area (Å²) in [5.74, 6) is -0.612. The predicted molar refractivity (Wildman–Crippen MR) is 75.1 cm³/mol. The lowest BCUT2D eigenvalue weighted by Gasteiger charge is -2.19. The molecule has 1 heterocycles. The van der Waals surface area contributed by atoms with Crippen LogP contribution in [0.5, 0.6) is 0 Å². The number of nitrogens with one attached hydrogen (secondary N) is 1. The Morgan fingerprint density at radius 3 is 2.55 bits per heavy atom. The first-order valence-corrected chi connectivity index (χ1v) is 6.88. The molecule has 0 aliphatic heterocycles. The van der Waals surface area contributed by atoms with Gasteiger partial charge < -0.3 is 10.4 Å². The smallest absolute Gasteiger partial charge is 0.303 e. The van der Waals surface area contributed by atoms with Crippen molar-refractivity contribution >= 4 is 11.9 Å². The minimum Gasteiger partial charge on any atom is -0.481 e. The summed E-state index contributed by atoms with van der Waals surface area (Å²) < 4.78 is 1.57. The van der Waals surface area contributed by atoms with Gasteiger partial charge in [-0.05, 0) is 31.2 Å².